The molecule has 12 nitrogen and oxygen atoms in total. The largest absolute Gasteiger partial charge is 0.359 e. The van der Waals surface area contributed by atoms with Crippen LogP contribution in [0.15, 0.2) is 48.1 Å². The van der Waals surface area contributed by atoms with E-state index in [4.69, 9.17) is 11.6 Å². The first-order chi connectivity index (χ1) is 19.8. The molecule has 2 fully saturated rings. The van der Waals surface area contributed by atoms with Gasteiger partial charge in [0.15, 0.2) is 11.4 Å². The third-order valence-corrected chi connectivity index (χ3v) is 7.67. The Balaban J connectivity index is 1.45. The standard InChI is InChI=1S/C28H32ClN9O3/c1-36-14-10-23(35-36)34-27(40)19(15-30)26(32-21-9-6-7-18-20(29)16-31-25(18)21)33-22-8-2-3-13-38(28(22)41)17-24(39)37-11-4-5-12-37/h6-7,9-10,14,16,22,31-33H,2-5,8,11-13,17H2,1H3,(H,34,35,40)/b26-19-/t22-/m0/s1. The molecule has 2 aliphatic rings. The number of aromatic amines is 1. The number of halogens is 1. The normalized spacial score (nSPS) is 18.1. The smallest absolute Gasteiger partial charge is 0.271 e. The number of anilines is 2. The van der Waals surface area contributed by atoms with Crippen LogP contribution in [0.4, 0.5) is 11.5 Å². The van der Waals surface area contributed by atoms with Gasteiger partial charge in [0.1, 0.15) is 17.9 Å². The zero-order valence-corrected chi connectivity index (χ0v) is 23.5. The number of benzene rings is 1. The molecule has 0 unspecified atom stereocenters. The molecule has 0 bridgehead atoms. The van der Waals surface area contributed by atoms with Crippen LogP contribution < -0.4 is 16.0 Å². The number of nitrogens with one attached hydrogen (secondary N) is 4. The molecule has 0 spiro atoms. The molecule has 13 heteroatoms. The lowest BCUT2D eigenvalue weighted by molar-refractivity contribution is -0.140. The summed E-state index contributed by atoms with van der Waals surface area (Å²) in [4.78, 5) is 46.3. The van der Waals surface area contributed by atoms with E-state index in [9.17, 15) is 19.6 Å². The Labute approximate surface area is 242 Å². The van der Waals surface area contributed by atoms with Crippen LogP contribution in [0.25, 0.3) is 10.9 Å². The predicted molar refractivity (Wildman–Crippen MR) is 155 cm³/mol. The third kappa shape index (κ3) is 6.30. The van der Waals surface area contributed by atoms with Gasteiger partial charge in [-0.3, -0.25) is 19.1 Å². The molecule has 0 radical (unpaired) electrons. The van der Waals surface area contributed by atoms with Crippen molar-refractivity contribution < 1.29 is 14.4 Å². The molecular weight excluding hydrogens is 546 g/mol. The second kappa shape index (κ2) is 12.3. The van der Waals surface area contributed by atoms with Crippen molar-refractivity contribution in [1.82, 2.24) is 29.9 Å². The van der Waals surface area contributed by atoms with Gasteiger partial charge in [-0.2, -0.15) is 10.4 Å². The van der Waals surface area contributed by atoms with Gasteiger partial charge in [0.2, 0.25) is 11.8 Å². The highest BCUT2D eigenvalue weighted by Gasteiger charge is 2.32. The molecule has 2 saturated heterocycles. The molecule has 1 atom stereocenters. The van der Waals surface area contributed by atoms with Crippen LogP contribution in [-0.4, -0.2) is 74.5 Å². The summed E-state index contributed by atoms with van der Waals surface area (Å²) in [6.45, 7) is 1.90. The molecule has 1 aromatic carbocycles. The minimum absolute atomic E-state index is 0.00897. The Kier molecular flexibility index (Phi) is 8.45. The van der Waals surface area contributed by atoms with Crippen molar-refractivity contribution in [2.24, 2.45) is 7.05 Å². The van der Waals surface area contributed by atoms with Gasteiger partial charge in [0.05, 0.1) is 22.8 Å². The zero-order valence-electron chi connectivity index (χ0n) is 22.7. The Morgan fingerprint density at radius 3 is 2.66 bits per heavy atom. The molecule has 41 heavy (non-hydrogen) atoms. The lowest BCUT2D eigenvalue weighted by Gasteiger charge is -2.28. The van der Waals surface area contributed by atoms with Crippen LogP contribution in [0.3, 0.4) is 0 Å². The zero-order chi connectivity index (χ0) is 28.9. The second-order valence-electron chi connectivity index (χ2n) is 10.2. The summed E-state index contributed by atoms with van der Waals surface area (Å²) in [5.41, 5.74) is 0.962. The van der Waals surface area contributed by atoms with Gasteiger partial charge in [0.25, 0.3) is 5.91 Å². The number of nitrogens with zero attached hydrogens (tertiary/aromatic N) is 5. The van der Waals surface area contributed by atoms with Gasteiger partial charge >= 0.3 is 0 Å². The van der Waals surface area contributed by atoms with Gasteiger partial charge in [0, 0.05) is 50.5 Å². The van der Waals surface area contributed by atoms with E-state index in [1.807, 2.05) is 12.1 Å². The molecule has 4 heterocycles. The van der Waals surface area contributed by atoms with Crippen LogP contribution in [0.1, 0.15) is 32.1 Å². The molecule has 0 aliphatic carbocycles. The molecule has 2 aromatic heterocycles. The molecule has 4 N–H and O–H groups in total. The van der Waals surface area contributed by atoms with Crippen LogP contribution in [-0.2, 0) is 21.4 Å². The van der Waals surface area contributed by atoms with Gasteiger partial charge in [-0.05, 0) is 38.2 Å². The number of aryl methyl sites for hydroxylation is 1. The van der Waals surface area contributed by atoms with E-state index < -0.39 is 11.9 Å². The first-order valence-electron chi connectivity index (χ1n) is 13.6. The molecule has 2 aliphatic heterocycles. The highest BCUT2D eigenvalue weighted by molar-refractivity contribution is 6.36. The number of aromatic nitrogens is 3. The summed E-state index contributed by atoms with van der Waals surface area (Å²) in [5.74, 6) is -0.670. The fourth-order valence-electron chi connectivity index (χ4n) is 5.21. The lowest BCUT2D eigenvalue weighted by Crippen LogP contribution is -2.49. The number of amides is 3. The number of carbonyl (C=O) groups excluding carboxylic acids is 3. The van der Waals surface area contributed by atoms with Crippen molar-refractivity contribution in [3.05, 3.63) is 53.1 Å². The van der Waals surface area contributed by atoms with Crippen molar-refractivity contribution in [2.45, 2.75) is 38.1 Å². The first-order valence-corrected chi connectivity index (χ1v) is 14.0. The quantitative estimate of drug-likeness (QED) is 0.237. The molecule has 214 valence electrons. The fourth-order valence-corrected chi connectivity index (χ4v) is 5.42. The Morgan fingerprint density at radius 1 is 1.15 bits per heavy atom. The minimum atomic E-state index is -0.760. The number of rotatable bonds is 8. The summed E-state index contributed by atoms with van der Waals surface area (Å²) in [6.07, 6.45) is 7.21. The maximum atomic E-state index is 13.7. The Morgan fingerprint density at radius 2 is 1.93 bits per heavy atom. The van der Waals surface area contributed by atoms with E-state index in [-0.39, 0.29) is 35.6 Å². The molecular formula is C28H32ClN9O3. The van der Waals surface area contributed by atoms with E-state index in [0.717, 1.165) is 31.1 Å². The van der Waals surface area contributed by atoms with E-state index in [1.165, 1.54) is 4.68 Å². The van der Waals surface area contributed by atoms with Crippen LogP contribution in [0, 0.1) is 11.3 Å². The maximum absolute atomic E-state index is 13.7. The van der Waals surface area contributed by atoms with E-state index >= 15 is 0 Å². The number of H-pyrrole nitrogens is 1. The first kappa shape index (κ1) is 28.0. The Bertz CT molecular complexity index is 1530. The predicted octanol–water partition coefficient (Wildman–Crippen LogP) is 2.93. The minimum Gasteiger partial charge on any atom is -0.359 e. The highest BCUT2D eigenvalue weighted by Crippen LogP contribution is 2.29. The summed E-state index contributed by atoms with van der Waals surface area (Å²) in [7, 11) is 1.71. The van der Waals surface area contributed by atoms with Crippen LogP contribution >= 0.6 is 11.6 Å². The van der Waals surface area contributed by atoms with Crippen molar-refractivity contribution in [1.29, 1.82) is 5.26 Å². The van der Waals surface area contributed by atoms with E-state index in [2.05, 4.69) is 26.0 Å². The summed E-state index contributed by atoms with van der Waals surface area (Å²) >= 11 is 6.32. The fraction of sp³-hybridized carbons (Fsp3) is 0.393. The topological polar surface area (TPSA) is 151 Å². The molecule has 3 aromatic rings. The van der Waals surface area contributed by atoms with Crippen molar-refractivity contribution in [3.8, 4) is 6.07 Å². The third-order valence-electron chi connectivity index (χ3n) is 7.35. The van der Waals surface area contributed by atoms with Gasteiger partial charge in [-0.25, -0.2) is 0 Å². The number of fused-ring (bicyclic) bond motifs is 1. The number of hydrogen-bond donors (Lipinski definition) is 4. The number of nitriles is 1. The summed E-state index contributed by atoms with van der Waals surface area (Å²) < 4.78 is 1.53. The number of likely N-dealkylation sites (tertiary alicyclic amines) is 2. The van der Waals surface area contributed by atoms with Gasteiger partial charge < -0.3 is 30.7 Å². The summed E-state index contributed by atoms with van der Waals surface area (Å²) in [5, 5.41) is 24.5. The van der Waals surface area contributed by atoms with Gasteiger partial charge in [-0.1, -0.05) is 23.7 Å². The number of carbonyl (C=O) groups is 3. The van der Waals surface area contributed by atoms with Crippen molar-refractivity contribution in [3.63, 3.8) is 0 Å². The van der Waals surface area contributed by atoms with Gasteiger partial charge in [-0.15, -0.1) is 0 Å². The van der Waals surface area contributed by atoms with E-state index in [1.54, 1.807) is 47.4 Å². The molecule has 5 rings (SSSR count). The second-order valence-corrected chi connectivity index (χ2v) is 10.6. The Hall–Kier alpha value is -4.50. The SMILES string of the molecule is Cn1ccc(NC(=O)/C(C#N)=C(/Nc2cccc3c(Cl)c[nH]c23)N[C@H]2CCCCN(CC(=O)N3CCCC3)C2=O)n1. The van der Waals surface area contributed by atoms with Crippen LogP contribution in [0.5, 0.6) is 0 Å². The van der Waals surface area contributed by atoms with Crippen molar-refractivity contribution >= 4 is 51.7 Å². The molecule has 0 saturated carbocycles. The van der Waals surface area contributed by atoms with Crippen LogP contribution in [0.2, 0.25) is 5.02 Å². The average molecular weight is 578 g/mol. The average Bonchev–Trinajstić information content (AvgIpc) is 3.70. The van der Waals surface area contributed by atoms with E-state index in [0.29, 0.717) is 42.3 Å². The van der Waals surface area contributed by atoms with Crippen molar-refractivity contribution in [2.75, 3.05) is 36.8 Å². The molecule has 3 amide bonds. The monoisotopic (exact) mass is 577 g/mol. The lowest BCUT2D eigenvalue weighted by atomic mass is 10.1. The highest BCUT2D eigenvalue weighted by atomic mass is 35.5. The maximum Gasteiger partial charge on any atom is 0.271 e. The number of para-hydroxylation sites is 1. The number of hydrogen-bond acceptors (Lipinski definition) is 7. The summed E-state index contributed by atoms with van der Waals surface area (Å²) in [6, 6.07) is 8.26.